The summed E-state index contributed by atoms with van der Waals surface area (Å²) in [5, 5.41) is 0. The molecular weight excluding hydrogens is 204 g/mol. The summed E-state index contributed by atoms with van der Waals surface area (Å²) in [4.78, 5) is 3.95. The molecular formula is C8H7BrN2. The number of hydrogen-bond donors (Lipinski definition) is 1. The van der Waals surface area contributed by atoms with E-state index in [1.807, 2.05) is 6.07 Å². The maximum Gasteiger partial charge on any atom is 0.0555 e. The molecule has 2 N–H and O–H groups in total. The van der Waals surface area contributed by atoms with E-state index >= 15 is 0 Å². The van der Waals surface area contributed by atoms with Gasteiger partial charge in [-0.1, -0.05) is 11.8 Å². The van der Waals surface area contributed by atoms with Crippen LogP contribution in [0.4, 0.5) is 0 Å². The van der Waals surface area contributed by atoms with E-state index in [1.165, 1.54) is 0 Å². The Morgan fingerprint density at radius 2 is 2.36 bits per heavy atom. The van der Waals surface area contributed by atoms with Crippen LogP contribution in [0.15, 0.2) is 22.9 Å². The standard InChI is InChI=1S/C8H7BrN2/c9-8-4-7(2-1-3-10)5-11-6-8/h4-6H,3,10H2. The Morgan fingerprint density at radius 3 is 3.00 bits per heavy atom. The third-order valence-electron chi connectivity index (χ3n) is 1.04. The van der Waals surface area contributed by atoms with E-state index in [-0.39, 0.29) is 0 Å². The van der Waals surface area contributed by atoms with Gasteiger partial charge in [0.1, 0.15) is 0 Å². The Morgan fingerprint density at radius 1 is 1.55 bits per heavy atom. The van der Waals surface area contributed by atoms with Gasteiger partial charge in [0, 0.05) is 22.4 Å². The molecule has 0 aliphatic heterocycles. The molecule has 2 nitrogen and oxygen atoms in total. The molecule has 56 valence electrons. The third-order valence-corrected chi connectivity index (χ3v) is 1.47. The summed E-state index contributed by atoms with van der Waals surface area (Å²) in [6.07, 6.45) is 3.42. The van der Waals surface area contributed by atoms with Crippen LogP contribution in [0.2, 0.25) is 0 Å². The van der Waals surface area contributed by atoms with Crippen LogP contribution in [-0.4, -0.2) is 11.5 Å². The molecule has 0 unspecified atom stereocenters. The Labute approximate surface area is 74.0 Å². The van der Waals surface area contributed by atoms with Crippen molar-refractivity contribution in [1.82, 2.24) is 4.98 Å². The van der Waals surface area contributed by atoms with Crippen molar-refractivity contribution in [2.45, 2.75) is 0 Å². The first-order valence-corrected chi connectivity index (χ1v) is 3.91. The average molecular weight is 211 g/mol. The zero-order chi connectivity index (χ0) is 8.10. The number of hydrogen-bond acceptors (Lipinski definition) is 2. The van der Waals surface area contributed by atoms with Crippen LogP contribution in [0.5, 0.6) is 0 Å². The van der Waals surface area contributed by atoms with E-state index in [0.717, 1.165) is 10.0 Å². The predicted molar refractivity (Wildman–Crippen MR) is 47.9 cm³/mol. The Hall–Kier alpha value is -0.850. The van der Waals surface area contributed by atoms with Gasteiger partial charge in [-0.25, -0.2) is 0 Å². The van der Waals surface area contributed by atoms with Gasteiger partial charge in [-0.15, -0.1) is 0 Å². The van der Waals surface area contributed by atoms with Gasteiger partial charge in [0.25, 0.3) is 0 Å². The lowest BCUT2D eigenvalue weighted by atomic mass is 10.3. The minimum Gasteiger partial charge on any atom is -0.320 e. The summed E-state index contributed by atoms with van der Waals surface area (Å²) in [7, 11) is 0. The lowest BCUT2D eigenvalue weighted by molar-refractivity contribution is 1.28. The maximum atomic E-state index is 5.21. The molecule has 11 heavy (non-hydrogen) atoms. The molecule has 1 aromatic heterocycles. The summed E-state index contributed by atoms with van der Waals surface area (Å²) in [6, 6.07) is 1.90. The van der Waals surface area contributed by atoms with Crippen LogP contribution in [0.3, 0.4) is 0 Å². The zero-order valence-electron chi connectivity index (χ0n) is 5.84. The molecule has 0 spiro atoms. The van der Waals surface area contributed by atoms with Crippen molar-refractivity contribution in [1.29, 1.82) is 0 Å². The fourth-order valence-electron chi connectivity index (χ4n) is 0.633. The van der Waals surface area contributed by atoms with Gasteiger partial charge >= 0.3 is 0 Å². The lowest BCUT2D eigenvalue weighted by Crippen LogP contribution is -1.93. The van der Waals surface area contributed by atoms with Crippen molar-refractivity contribution in [2.75, 3.05) is 6.54 Å². The van der Waals surface area contributed by atoms with Gasteiger partial charge in [0.15, 0.2) is 0 Å². The molecule has 1 aromatic rings. The summed E-state index contributed by atoms with van der Waals surface area (Å²) < 4.78 is 0.932. The van der Waals surface area contributed by atoms with Crippen molar-refractivity contribution < 1.29 is 0 Å². The highest BCUT2D eigenvalue weighted by atomic mass is 79.9. The van der Waals surface area contributed by atoms with Crippen molar-refractivity contribution in [3.63, 3.8) is 0 Å². The van der Waals surface area contributed by atoms with Gasteiger partial charge in [-0.05, 0) is 22.0 Å². The molecule has 0 aliphatic carbocycles. The van der Waals surface area contributed by atoms with Gasteiger partial charge in [-0.2, -0.15) is 0 Å². The summed E-state index contributed by atoms with van der Waals surface area (Å²) in [5.41, 5.74) is 6.09. The quantitative estimate of drug-likeness (QED) is 0.654. The van der Waals surface area contributed by atoms with Crippen LogP contribution in [0, 0.1) is 11.8 Å². The minimum atomic E-state index is 0.381. The molecule has 0 fully saturated rings. The van der Waals surface area contributed by atoms with Gasteiger partial charge in [0.2, 0.25) is 0 Å². The smallest absolute Gasteiger partial charge is 0.0555 e. The van der Waals surface area contributed by atoms with Crippen LogP contribution in [0.1, 0.15) is 5.56 Å². The molecule has 0 amide bonds. The number of halogens is 1. The molecule has 0 aliphatic rings. The van der Waals surface area contributed by atoms with Crippen LogP contribution in [0.25, 0.3) is 0 Å². The van der Waals surface area contributed by atoms with E-state index in [4.69, 9.17) is 5.73 Å². The predicted octanol–water partition coefficient (Wildman–Crippen LogP) is 1.15. The number of rotatable bonds is 0. The molecule has 0 radical (unpaired) electrons. The van der Waals surface area contributed by atoms with E-state index in [1.54, 1.807) is 12.4 Å². The second kappa shape index (κ2) is 4.12. The van der Waals surface area contributed by atoms with Crippen molar-refractivity contribution in [3.05, 3.63) is 28.5 Å². The second-order valence-electron chi connectivity index (χ2n) is 1.90. The number of nitrogens with zero attached hydrogens (tertiary/aromatic N) is 1. The van der Waals surface area contributed by atoms with Gasteiger partial charge in [0.05, 0.1) is 6.54 Å². The molecule has 0 atom stereocenters. The van der Waals surface area contributed by atoms with Gasteiger partial charge < -0.3 is 5.73 Å². The first-order chi connectivity index (χ1) is 5.33. The van der Waals surface area contributed by atoms with Crippen LogP contribution < -0.4 is 5.73 Å². The Balaban J connectivity index is 2.87. The SMILES string of the molecule is NCC#Cc1cncc(Br)c1. The van der Waals surface area contributed by atoms with Crippen molar-refractivity contribution in [3.8, 4) is 11.8 Å². The molecule has 1 heterocycles. The normalized spacial score (nSPS) is 8.55. The Kier molecular flexibility index (Phi) is 3.09. The third kappa shape index (κ3) is 2.71. The molecule has 0 aromatic carbocycles. The van der Waals surface area contributed by atoms with Crippen LogP contribution in [-0.2, 0) is 0 Å². The largest absolute Gasteiger partial charge is 0.320 e. The Bertz CT molecular complexity index is 298. The molecule has 0 saturated carbocycles. The highest BCUT2D eigenvalue weighted by Gasteiger charge is 1.87. The highest BCUT2D eigenvalue weighted by molar-refractivity contribution is 9.10. The number of aromatic nitrogens is 1. The topological polar surface area (TPSA) is 38.9 Å². The fraction of sp³-hybridized carbons (Fsp3) is 0.125. The van der Waals surface area contributed by atoms with E-state index in [0.29, 0.717) is 6.54 Å². The second-order valence-corrected chi connectivity index (χ2v) is 2.81. The number of pyridine rings is 1. The highest BCUT2D eigenvalue weighted by Crippen LogP contribution is 2.07. The van der Waals surface area contributed by atoms with Crippen molar-refractivity contribution >= 4 is 15.9 Å². The summed E-state index contributed by atoms with van der Waals surface area (Å²) >= 11 is 3.29. The van der Waals surface area contributed by atoms with Gasteiger partial charge in [-0.3, -0.25) is 4.98 Å². The first kappa shape index (κ1) is 8.25. The fourth-order valence-corrected chi connectivity index (χ4v) is 0.998. The average Bonchev–Trinajstić information content (AvgIpc) is 2.01. The lowest BCUT2D eigenvalue weighted by Gasteiger charge is -1.89. The minimum absolute atomic E-state index is 0.381. The molecule has 0 saturated heterocycles. The maximum absolute atomic E-state index is 5.21. The first-order valence-electron chi connectivity index (χ1n) is 3.12. The molecule has 3 heteroatoms. The molecule has 1 rings (SSSR count). The monoisotopic (exact) mass is 210 g/mol. The molecule has 0 bridgehead atoms. The summed E-state index contributed by atoms with van der Waals surface area (Å²) in [6.45, 7) is 0.381. The van der Waals surface area contributed by atoms with E-state index in [9.17, 15) is 0 Å². The van der Waals surface area contributed by atoms with E-state index < -0.39 is 0 Å². The zero-order valence-corrected chi connectivity index (χ0v) is 7.43. The van der Waals surface area contributed by atoms with Crippen molar-refractivity contribution in [2.24, 2.45) is 5.73 Å². The summed E-state index contributed by atoms with van der Waals surface area (Å²) in [5.74, 6) is 5.63. The van der Waals surface area contributed by atoms with Crippen LogP contribution >= 0.6 is 15.9 Å². The van der Waals surface area contributed by atoms with E-state index in [2.05, 4.69) is 32.8 Å². The number of nitrogens with two attached hydrogens (primary N) is 1.